The topological polar surface area (TPSA) is 171 Å². The molecule has 3 atom stereocenters. The Balaban J connectivity index is 1.49. The predicted molar refractivity (Wildman–Crippen MR) is 143 cm³/mol. The van der Waals surface area contributed by atoms with Crippen molar-refractivity contribution in [1.82, 2.24) is 15.5 Å². The van der Waals surface area contributed by atoms with Gasteiger partial charge in [0.25, 0.3) is 0 Å². The van der Waals surface area contributed by atoms with Crippen molar-refractivity contribution in [2.24, 2.45) is 28.8 Å². The van der Waals surface area contributed by atoms with Crippen molar-refractivity contribution >= 4 is 41.4 Å². The van der Waals surface area contributed by atoms with E-state index < -0.39 is 41.8 Å². The van der Waals surface area contributed by atoms with E-state index >= 15 is 0 Å². The SMILES string of the molecule is CSCC[C@H](NC(C)=O)C(=O)N[C@@H](CC(=O)OC1C2CC3CC(C2)CC1C3)C(=O)N1CCC[C@H]1C(=O)N=[N+]=[N-]. The molecule has 0 aromatic heterocycles. The molecule has 1 saturated heterocycles. The Morgan fingerprint density at radius 3 is 2.31 bits per heavy atom. The van der Waals surface area contributed by atoms with Gasteiger partial charge in [-0.1, -0.05) is 0 Å². The summed E-state index contributed by atoms with van der Waals surface area (Å²) in [6.07, 6.45) is 8.03. The Kier molecular flexibility index (Phi) is 9.76. The normalized spacial score (nSPS) is 30.2. The standard InChI is InChI=1S/C26H38N6O6S/c1-14(33)28-19(5-7-39-2)24(35)29-20(26(37)32-6-3-4-21(32)25(36)30-31-27)13-22(34)38-23-17-9-15-8-16(11-17)12-18(23)10-15/h15-21,23H,3-13H2,1-2H3,(H,28,33)(H,29,35)/t15?,16?,17?,18?,19-,20-,21-,23?/m0/s1. The average molecular weight is 563 g/mol. The van der Waals surface area contributed by atoms with E-state index in [-0.39, 0.29) is 25.0 Å². The first kappa shape index (κ1) is 29.2. The number of ether oxygens (including phenoxy) is 1. The van der Waals surface area contributed by atoms with E-state index in [0.717, 1.165) is 25.7 Å². The fourth-order valence-corrected chi connectivity index (χ4v) is 7.73. The highest BCUT2D eigenvalue weighted by atomic mass is 32.2. The van der Waals surface area contributed by atoms with Crippen LogP contribution in [0.1, 0.15) is 64.7 Å². The van der Waals surface area contributed by atoms with Crippen molar-refractivity contribution in [1.29, 1.82) is 0 Å². The minimum absolute atomic E-state index is 0.170. The highest BCUT2D eigenvalue weighted by Gasteiger charge is 2.50. The van der Waals surface area contributed by atoms with Crippen LogP contribution in [0.4, 0.5) is 0 Å². The third kappa shape index (κ3) is 7.05. The number of nitrogens with one attached hydrogen (secondary N) is 2. The summed E-state index contributed by atoms with van der Waals surface area (Å²) in [7, 11) is 0. The second-order valence-corrected chi connectivity index (χ2v) is 12.4. The Labute approximate surface area is 232 Å². The molecule has 5 aliphatic rings. The van der Waals surface area contributed by atoms with E-state index in [1.165, 1.54) is 30.0 Å². The molecule has 4 aliphatic carbocycles. The van der Waals surface area contributed by atoms with E-state index in [1.54, 1.807) is 0 Å². The average Bonchev–Trinajstić information content (AvgIpc) is 3.37. The number of carbonyl (C=O) groups excluding carboxylic acids is 5. The molecule has 0 aromatic rings. The molecule has 5 fully saturated rings. The van der Waals surface area contributed by atoms with Gasteiger partial charge >= 0.3 is 5.97 Å². The maximum Gasteiger partial charge on any atom is 0.308 e. The molecule has 12 nitrogen and oxygen atoms in total. The van der Waals surface area contributed by atoms with E-state index in [0.29, 0.717) is 48.7 Å². The van der Waals surface area contributed by atoms with Gasteiger partial charge in [-0.25, -0.2) is 0 Å². The Bertz CT molecular complexity index is 1000. The lowest BCUT2D eigenvalue weighted by Crippen LogP contribution is -2.56. The number of nitrogens with zero attached hydrogens (tertiary/aromatic N) is 4. The lowest BCUT2D eigenvalue weighted by atomic mass is 9.55. The zero-order chi connectivity index (χ0) is 28.1. The van der Waals surface area contributed by atoms with Crippen LogP contribution in [0.3, 0.4) is 0 Å². The Hall–Kier alpha value is -2.79. The fraction of sp³-hybridized carbons (Fsp3) is 0.808. The van der Waals surface area contributed by atoms with Crippen LogP contribution in [0, 0.1) is 23.7 Å². The van der Waals surface area contributed by atoms with Crippen LogP contribution in [0.2, 0.25) is 0 Å². The van der Waals surface area contributed by atoms with Crippen LogP contribution >= 0.6 is 11.8 Å². The van der Waals surface area contributed by atoms with Crippen LogP contribution in [-0.2, 0) is 28.7 Å². The summed E-state index contributed by atoms with van der Waals surface area (Å²) in [5, 5.41) is 8.43. The first-order valence-electron chi connectivity index (χ1n) is 13.8. The van der Waals surface area contributed by atoms with Crippen molar-refractivity contribution in [2.75, 3.05) is 18.6 Å². The minimum Gasteiger partial charge on any atom is -0.462 e. The van der Waals surface area contributed by atoms with Gasteiger partial charge in [-0.05, 0) is 97.7 Å². The maximum absolute atomic E-state index is 13.7. The molecule has 2 N–H and O–H groups in total. The van der Waals surface area contributed by atoms with Crippen molar-refractivity contribution in [3.8, 4) is 0 Å². The Morgan fingerprint density at radius 2 is 1.72 bits per heavy atom. The number of azide groups is 1. The fourth-order valence-electron chi connectivity index (χ4n) is 7.25. The van der Waals surface area contributed by atoms with E-state index in [1.807, 2.05) is 6.26 Å². The van der Waals surface area contributed by atoms with Crippen molar-refractivity contribution in [3.05, 3.63) is 10.4 Å². The summed E-state index contributed by atoms with van der Waals surface area (Å²) in [5.41, 5.74) is 8.70. The van der Waals surface area contributed by atoms with Gasteiger partial charge in [0.1, 0.15) is 18.2 Å². The quantitative estimate of drug-likeness (QED) is 0.168. The lowest BCUT2D eigenvalue weighted by Gasteiger charge is -2.53. The number of thioether (sulfide) groups is 1. The highest BCUT2D eigenvalue weighted by Crippen LogP contribution is 2.54. The molecular weight excluding hydrogens is 524 g/mol. The van der Waals surface area contributed by atoms with Crippen LogP contribution in [0.5, 0.6) is 0 Å². The summed E-state index contributed by atoms with van der Waals surface area (Å²) in [5.74, 6) is -0.224. The van der Waals surface area contributed by atoms with Crippen molar-refractivity contribution in [2.45, 2.75) is 88.9 Å². The molecule has 0 radical (unpaired) electrons. The molecule has 214 valence electrons. The smallest absolute Gasteiger partial charge is 0.308 e. The molecule has 1 aliphatic heterocycles. The van der Waals surface area contributed by atoms with Gasteiger partial charge in [-0.15, -0.1) is 0 Å². The summed E-state index contributed by atoms with van der Waals surface area (Å²) >= 11 is 1.51. The molecule has 5 rings (SSSR count). The monoisotopic (exact) mass is 562 g/mol. The Morgan fingerprint density at radius 1 is 1.05 bits per heavy atom. The van der Waals surface area contributed by atoms with Crippen LogP contribution in [0.25, 0.3) is 10.4 Å². The van der Waals surface area contributed by atoms with E-state index in [9.17, 15) is 24.0 Å². The number of carbonyl (C=O) groups is 5. The van der Waals surface area contributed by atoms with Crippen LogP contribution in [0.15, 0.2) is 5.11 Å². The lowest BCUT2D eigenvalue weighted by molar-refractivity contribution is -0.172. The van der Waals surface area contributed by atoms with Gasteiger partial charge < -0.3 is 20.3 Å². The van der Waals surface area contributed by atoms with Crippen molar-refractivity contribution < 1.29 is 28.7 Å². The number of esters is 1. The largest absolute Gasteiger partial charge is 0.462 e. The van der Waals surface area contributed by atoms with Gasteiger partial charge in [0.05, 0.1) is 12.5 Å². The molecule has 0 spiro atoms. The summed E-state index contributed by atoms with van der Waals surface area (Å²) in [4.78, 5) is 68.0. The zero-order valence-electron chi connectivity index (χ0n) is 22.5. The molecule has 4 amide bonds. The number of hydrogen-bond acceptors (Lipinski definition) is 7. The molecule has 13 heteroatoms. The predicted octanol–water partition coefficient (Wildman–Crippen LogP) is 2.31. The third-order valence-corrected chi connectivity index (χ3v) is 9.31. The summed E-state index contributed by atoms with van der Waals surface area (Å²) in [6.45, 7) is 1.54. The number of amides is 4. The van der Waals surface area contributed by atoms with E-state index in [4.69, 9.17) is 10.3 Å². The van der Waals surface area contributed by atoms with Gasteiger partial charge in [0.2, 0.25) is 23.6 Å². The van der Waals surface area contributed by atoms with Crippen LogP contribution in [-0.4, -0.2) is 77.3 Å². The number of hydrogen-bond donors (Lipinski definition) is 2. The molecular formula is C26H38N6O6S. The molecule has 4 bridgehead atoms. The van der Waals surface area contributed by atoms with Gasteiger partial charge in [0, 0.05) is 18.4 Å². The van der Waals surface area contributed by atoms with Gasteiger partial charge in [-0.2, -0.15) is 11.8 Å². The second kappa shape index (κ2) is 13.0. The number of likely N-dealkylation sites (tertiary alicyclic amines) is 1. The van der Waals surface area contributed by atoms with Crippen molar-refractivity contribution in [3.63, 3.8) is 0 Å². The first-order valence-corrected chi connectivity index (χ1v) is 15.2. The number of rotatable bonds is 11. The highest BCUT2D eigenvalue weighted by molar-refractivity contribution is 7.98. The molecule has 0 unspecified atom stereocenters. The maximum atomic E-state index is 13.7. The summed E-state index contributed by atoms with van der Waals surface area (Å²) in [6, 6.07) is -3.12. The molecule has 0 aromatic carbocycles. The van der Waals surface area contributed by atoms with Crippen LogP contribution < -0.4 is 10.6 Å². The van der Waals surface area contributed by atoms with Gasteiger partial charge in [0.15, 0.2) is 0 Å². The third-order valence-electron chi connectivity index (χ3n) is 8.66. The van der Waals surface area contributed by atoms with Gasteiger partial charge in [-0.3, -0.25) is 24.0 Å². The van der Waals surface area contributed by atoms with E-state index in [2.05, 4.69) is 20.7 Å². The molecule has 39 heavy (non-hydrogen) atoms. The molecule has 4 saturated carbocycles. The zero-order valence-corrected chi connectivity index (χ0v) is 23.4. The summed E-state index contributed by atoms with van der Waals surface area (Å²) < 4.78 is 5.99. The second-order valence-electron chi connectivity index (χ2n) is 11.4. The minimum atomic E-state index is -1.29. The molecule has 1 heterocycles. The first-order chi connectivity index (χ1) is 18.7.